The van der Waals surface area contributed by atoms with Gasteiger partial charge in [0, 0.05) is 17.8 Å². The lowest BCUT2D eigenvalue weighted by atomic mass is 9.78. The van der Waals surface area contributed by atoms with E-state index in [1.165, 1.54) is 69.0 Å². The van der Waals surface area contributed by atoms with Crippen molar-refractivity contribution in [2.24, 2.45) is 10.9 Å². The summed E-state index contributed by atoms with van der Waals surface area (Å²) in [6.45, 7) is 7.09. The van der Waals surface area contributed by atoms with Crippen LogP contribution in [0.15, 0.2) is 4.99 Å². The number of likely N-dealkylation sites (tertiary alicyclic amines) is 1. The Balaban J connectivity index is 1.45. The number of hydrogen-bond donors (Lipinski definition) is 1. The van der Waals surface area contributed by atoms with Crippen LogP contribution in [0.5, 0.6) is 0 Å². The molecule has 0 aromatic rings. The van der Waals surface area contributed by atoms with Crippen molar-refractivity contribution in [3.8, 4) is 0 Å². The first kappa shape index (κ1) is 14.7. The van der Waals surface area contributed by atoms with Crippen LogP contribution in [0.4, 0.5) is 0 Å². The van der Waals surface area contributed by atoms with Gasteiger partial charge in [-0.3, -0.25) is 4.99 Å². The maximum absolute atomic E-state index is 4.82. The van der Waals surface area contributed by atoms with Gasteiger partial charge in [-0.1, -0.05) is 37.9 Å². The molecule has 3 fully saturated rings. The summed E-state index contributed by atoms with van der Waals surface area (Å²) in [5.41, 5.74) is 0.381. The molecule has 0 aromatic heterocycles. The molecular formula is C16H29N3S. The van der Waals surface area contributed by atoms with Crippen LogP contribution in [0, 0.1) is 5.92 Å². The Kier molecular flexibility index (Phi) is 4.92. The smallest absolute Gasteiger partial charge is 0.157 e. The molecule has 3 nitrogen and oxygen atoms in total. The fourth-order valence-corrected chi connectivity index (χ4v) is 5.19. The molecule has 3 rings (SSSR count). The molecule has 2 atom stereocenters. The van der Waals surface area contributed by atoms with Crippen molar-refractivity contribution in [1.29, 1.82) is 0 Å². The first-order valence-electron chi connectivity index (χ1n) is 8.44. The molecule has 0 radical (unpaired) electrons. The number of nitrogens with zero attached hydrogens (tertiary/aromatic N) is 2. The molecule has 1 saturated carbocycles. The van der Waals surface area contributed by atoms with Gasteiger partial charge in [0.2, 0.25) is 0 Å². The summed E-state index contributed by atoms with van der Waals surface area (Å²) >= 11 is 1.96. The number of aliphatic imine (C=N–C) groups is 1. The van der Waals surface area contributed by atoms with Crippen LogP contribution in [0.1, 0.15) is 51.9 Å². The van der Waals surface area contributed by atoms with Crippen LogP contribution in [-0.2, 0) is 0 Å². The predicted octanol–water partition coefficient (Wildman–Crippen LogP) is 3.11. The molecule has 2 saturated heterocycles. The van der Waals surface area contributed by atoms with E-state index in [0.717, 1.165) is 19.0 Å². The van der Waals surface area contributed by atoms with E-state index in [0.29, 0.717) is 5.54 Å². The van der Waals surface area contributed by atoms with E-state index in [2.05, 4.69) is 17.1 Å². The van der Waals surface area contributed by atoms with Crippen molar-refractivity contribution in [3.63, 3.8) is 0 Å². The normalized spacial score (nSPS) is 37.5. The van der Waals surface area contributed by atoms with E-state index in [1.54, 1.807) is 0 Å². The molecule has 0 amide bonds. The van der Waals surface area contributed by atoms with E-state index in [1.807, 2.05) is 11.8 Å². The highest BCUT2D eigenvalue weighted by Crippen LogP contribution is 2.38. The molecule has 3 aliphatic rings. The summed E-state index contributed by atoms with van der Waals surface area (Å²) in [5.74, 6) is 2.12. The minimum atomic E-state index is 0.381. The highest BCUT2D eigenvalue weighted by molar-refractivity contribution is 8.14. The third-order valence-electron chi connectivity index (χ3n) is 5.07. The quantitative estimate of drug-likeness (QED) is 0.867. The topological polar surface area (TPSA) is 27.6 Å². The second kappa shape index (κ2) is 6.69. The minimum absolute atomic E-state index is 0.381. The molecule has 4 heteroatoms. The summed E-state index contributed by atoms with van der Waals surface area (Å²) in [4.78, 5) is 7.39. The second-order valence-corrected chi connectivity index (χ2v) is 7.95. The lowest BCUT2D eigenvalue weighted by Crippen LogP contribution is -2.47. The lowest BCUT2D eigenvalue weighted by molar-refractivity contribution is 0.234. The van der Waals surface area contributed by atoms with Crippen LogP contribution >= 0.6 is 11.8 Å². The van der Waals surface area contributed by atoms with Crippen molar-refractivity contribution >= 4 is 16.9 Å². The molecule has 1 spiro atoms. The van der Waals surface area contributed by atoms with Gasteiger partial charge in [-0.15, -0.1) is 0 Å². The van der Waals surface area contributed by atoms with Crippen LogP contribution in [0.3, 0.4) is 0 Å². The Hall–Kier alpha value is -0.220. The summed E-state index contributed by atoms with van der Waals surface area (Å²) in [6.07, 6.45) is 9.66. The van der Waals surface area contributed by atoms with Crippen LogP contribution in [0.2, 0.25) is 0 Å². The third-order valence-corrected chi connectivity index (χ3v) is 6.27. The maximum atomic E-state index is 4.82. The highest BCUT2D eigenvalue weighted by atomic mass is 32.2. The lowest BCUT2D eigenvalue weighted by Gasteiger charge is -2.36. The fourth-order valence-electron chi connectivity index (χ4n) is 3.97. The van der Waals surface area contributed by atoms with Gasteiger partial charge in [0.05, 0.1) is 6.54 Å². The molecule has 2 aliphatic heterocycles. The summed E-state index contributed by atoms with van der Waals surface area (Å²) in [5, 5.41) is 4.99. The van der Waals surface area contributed by atoms with Gasteiger partial charge in [0.25, 0.3) is 0 Å². The van der Waals surface area contributed by atoms with Crippen LogP contribution in [0.25, 0.3) is 0 Å². The van der Waals surface area contributed by atoms with E-state index >= 15 is 0 Å². The number of thioether (sulfide) groups is 1. The monoisotopic (exact) mass is 295 g/mol. The van der Waals surface area contributed by atoms with Gasteiger partial charge in [0.15, 0.2) is 5.17 Å². The standard InChI is InChI=1S/C16H29N3S/c1-14-6-5-7-16(12-14)13-20-15(18-16)17-8-11-19-9-3-2-4-10-19/h14H,2-13H2,1H3,(H,17,18). The van der Waals surface area contributed by atoms with Crippen molar-refractivity contribution in [2.45, 2.75) is 57.4 Å². The Morgan fingerprint density at radius 3 is 2.95 bits per heavy atom. The largest absolute Gasteiger partial charge is 0.359 e. The molecule has 2 heterocycles. The van der Waals surface area contributed by atoms with E-state index in [4.69, 9.17) is 4.99 Å². The summed E-state index contributed by atoms with van der Waals surface area (Å²) in [6, 6.07) is 0. The molecule has 114 valence electrons. The molecule has 1 aliphatic carbocycles. The fraction of sp³-hybridized carbons (Fsp3) is 0.938. The van der Waals surface area contributed by atoms with Crippen molar-refractivity contribution in [1.82, 2.24) is 10.2 Å². The van der Waals surface area contributed by atoms with E-state index in [9.17, 15) is 0 Å². The zero-order chi connectivity index (χ0) is 13.8. The number of amidine groups is 1. The number of piperidine rings is 1. The molecule has 0 aromatic carbocycles. The summed E-state index contributed by atoms with van der Waals surface area (Å²) < 4.78 is 0. The first-order valence-corrected chi connectivity index (χ1v) is 9.42. The Morgan fingerprint density at radius 1 is 1.30 bits per heavy atom. The average Bonchev–Trinajstić information content (AvgIpc) is 2.82. The maximum Gasteiger partial charge on any atom is 0.157 e. The van der Waals surface area contributed by atoms with Crippen molar-refractivity contribution < 1.29 is 0 Å². The van der Waals surface area contributed by atoms with Gasteiger partial charge >= 0.3 is 0 Å². The van der Waals surface area contributed by atoms with Gasteiger partial charge in [-0.05, 0) is 44.7 Å². The summed E-state index contributed by atoms with van der Waals surface area (Å²) in [7, 11) is 0. The molecule has 20 heavy (non-hydrogen) atoms. The zero-order valence-corrected chi connectivity index (χ0v) is 13.7. The zero-order valence-electron chi connectivity index (χ0n) is 12.9. The molecular weight excluding hydrogens is 266 g/mol. The number of nitrogens with one attached hydrogen (secondary N) is 1. The van der Waals surface area contributed by atoms with E-state index < -0.39 is 0 Å². The predicted molar refractivity (Wildman–Crippen MR) is 88.5 cm³/mol. The highest BCUT2D eigenvalue weighted by Gasteiger charge is 2.40. The first-order chi connectivity index (χ1) is 9.76. The number of hydrogen-bond acceptors (Lipinski definition) is 3. The van der Waals surface area contributed by atoms with Crippen molar-refractivity contribution in [2.75, 3.05) is 31.9 Å². The number of rotatable bonds is 3. The van der Waals surface area contributed by atoms with Crippen LogP contribution in [-0.4, -0.2) is 47.5 Å². The second-order valence-electron chi connectivity index (χ2n) is 6.98. The SMILES string of the molecule is CC1CCCC2(CSC(=NCCN3CCCCC3)N2)C1. The van der Waals surface area contributed by atoms with Gasteiger partial charge < -0.3 is 10.2 Å². The van der Waals surface area contributed by atoms with E-state index in [-0.39, 0.29) is 0 Å². The molecule has 0 bridgehead atoms. The van der Waals surface area contributed by atoms with Crippen LogP contribution < -0.4 is 5.32 Å². The Morgan fingerprint density at radius 2 is 2.15 bits per heavy atom. The van der Waals surface area contributed by atoms with Gasteiger partial charge in [-0.25, -0.2) is 0 Å². The molecule has 2 unspecified atom stereocenters. The minimum Gasteiger partial charge on any atom is -0.359 e. The third kappa shape index (κ3) is 3.70. The molecule has 1 N–H and O–H groups in total. The van der Waals surface area contributed by atoms with Gasteiger partial charge in [-0.2, -0.15) is 0 Å². The van der Waals surface area contributed by atoms with Crippen molar-refractivity contribution in [3.05, 3.63) is 0 Å². The van der Waals surface area contributed by atoms with Gasteiger partial charge in [0.1, 0.15) is 0 Å². The Bertz CT molecular complexity index is 352. The Labute approximate surface area is 128 Å². The average molecular weight is 295 g/mol.